The molecule has 1 aromatic carbocycles. The lowest BCUT2D eigenvalue weighted by atomic mass is 10.2. The van der Waals surface area contributed by atoms with Crippen LogP contribution in [0.15, 0.2) is 24.5 Å². The van der Waals surface area contributed by atoms with Crippen LogP contribution in [0.1, 0.15) is 16.2 Å². The summed E-state index contributed by atoms with van der Waals surface area (Å²) in [6.45, 7) is 0.228. The third-order valence-corrected chi connectivity index (χ3v) is 2.93. The van der Waals surface area contributed by atoms with E-state index in [0.29, 0.717) is 27.6 Å². The van der Waals surface area contributed by atoms with Crippen LogP contribution in [0.3, 0.4) is 0 Å². The minimum atomic E-state index is 0.228. The topological polar surface area (TPSA) is 44.1 Å². The predicted octanol–water partition coefficient (Wildman–Crippen LogP) is 3.12. The average Bonchev–Trinajstić information content (AvgIpc) is 2.73. The number of nitrogens with zero attached hydrogens (tertiary/aromatic N) is 2. The molecule has 1 aromatic heterocycles. The molecule has 0 aliphatic carbocycles. The highest BCUT2D eigenvalue weighted by molar-refractivity contribution is 6.36. The molecule has 0 N–H and O–H groups in total. The van der Waals surface area contributed by atoms with Gasteiger partial charge >= 0.3 is 0 Å². The van der Waals surface area contributed by atoms with Crippen molar-refractivity contribution in [1.82, 2.24) is 9.55 Å². The zero-order chi connectivity index (χ0) is 13.1. The normalized spacial score (nSPS) is 10.4. The Bertz CT molecular complexity index is 581. The van der Waals surface area contributed by atoms with Crippen molar-refractivity contribution in [3.63, 3.8) is 0 Å². The van der Waals surface area contributed by atoms with Gasteiger partial charge in [-0.2, -0.15) is 0 Å². The minimum Gasteiger partial charge on any atom is -0.483 e. The summed E-state index contributed by atoms with van der Waals surface area (Å²) in [5.41, 5.74) is 0.321. The first-order valence-electron chi connectivity index (χ1n) is 5.15. The molecular weight excluding hydrogens is 275 g/mol. The molecule has 94 valence electrons. The van der Waals surface area contributed by atoms with E-state index in [1.807, 2.05) is 17.8 Å². The Balaban J connectivity index is 2.24. The number of halogens is 2. The standard InChI is InChI=1S/C12H10Cl2N2O2/c1-16-3-2-15-11(16)7-18-12-8(6-17)4-9(13)5-10(12)14/h2-6H,7H2,1H3. The number of aromatic nitrogens is 2. The average molecular weight is 285 g/mol. The van der Waals surface area contributed by atoms with E-state index >= 15 is 0 Å². The Hall–Kier alpha value is -1.52. The van der Waals surface area contributed by atoms with Gasteiger partial charge in [0.05, 0.1) is 10.6 Å². The van der Waals surface area contributed by atoms with Gasteiger partial charge in [0.15, 0.2) is 6.29 Å². The van der Waals surface area contributed by atoms with Crippen LogP contribution in [0.4, 0.5) is 0 Å². The summed E-state index contributed by atoms with van der Waals surface area (Å²) in [5, 5.41) is 0.699. The maximum absolute atomic E-state index is 10.9. The highest BCUT2D eigenvalue weighted by Crippen LogP contribution is 2.31. The summed E-state index contributed by atoms with van der Waals surface area (Å²) in [7, 11) is 1.86. The Morgan fingerprint density at radius 1 is 1.44 bits per heavy atom. The summed E-state index contributed by atoms with van der Waals surface area (Å²) in [6.07, 6.45) is 4.14. The molecule has 2 rings (SSSR count). The molecule has 0 saturated carbocycles. The van der Waals surface area contributed by atoms with E-state index in [1.165, 1.54) is 12.1 Å². The van der Waals surface area contributed by atoms with Crippen LogP contribution < -0.4 is 4.74 Å². The van der Waals surface area contributed by atoms with E-state index in [0.717, 1.165) is 5.82 Å². The highest BCUT2D eigenvalue weighted by Gasteiger charge is 2.11. The number of hydrogen-bond donors (Lipinski definition) is 0. The summed E-state index contributed by atoms with van der Waals surface area (Å²) < 4.78 is 7.36. The summed E-state index contributed by atoms with van der Waals surface area (Å²) in [6, 6.07) is 3.04. The third-order valence-electron chi connectivity index (χ3n) is 2.43. The summed E-state index contributed by atoms with van der Waals surface area (Å²) in [4.78, 5) is 15.1. The Labute approximate surface area is 114 Å². The van der Waals surface area contributed by atoms with Crippen molar-refractivity contribution in [2.75, 3.05) is 0 Å². The quantitative estimate of drug-likeness (QED) is 0.811. The smallest absolute Gasteiger partial charge is 0.153 e. The van der Waals surface area contributed by atoms with E-state index in [-0.39, 0.29) is 6.61 Å². The van der Waals surface area contributed by atoms with Crippen LogP contribution in [0.5, 0.6) is 5.75 Å². The molecule has 0 aliphatic rings. The number of aryl methyl sites for hydroxylation is 1. The zero-order valence-electron chi connectivity index (χ0n) is 9.56. The van der Waals surface area contributed by atoms with E-state index in [2.05, 4.69) is 4.98 Å². The summed E-state index contributed by atoms with van der Waals surface area (Å²) >= 11 is 11.8. The molecule has 1 heterocycles. The lowest BCUT2D eigenvalue weighted by Gasteiger charge is -2.10. The molecule has 0 amide bonds. The lowest BCUT2D eigenvalue weighted by molar-refractivity contribution is 0.111. The van der Waals surface area contributed by atoms with Gasteiger partial charge < -0.3 is 9.30 Å². The van der Waals surface area contributed by atoms with Gasteiger partial charge in [-0.05, 0) is 12.1 Å². The van der Waals surface area contributed by atoms with Gasteiger partial charge in [0.25, 0.3) is 0 Å². The summed E-state index contributed by atoms with van der Waals surface area (Å²) in [5.74, 6) is 1.05. The van der Waals surface area contributed by atoms with Crippen LogP contribution in [-0.2, 0) is 13.7 Å². The number of rotatable bonds is 4. The van der Waals surface area contributed by atoms with Gasteiger partial charge in [0.1, 0.15) is 18.2 Å². The molecule has 0 spiro atoms. The number of imidazole rings is 1. The van der Waals surface area contributed by atoms with Gasteiger partial charge in [-0.25, -0.2) is 4.98 Å². The molecular formula is C12H10Cl2N2O2. The predicted molar refractivity (Wildman–Crippen MR) is 69.4 cm³/mol. The zero-order valence-corrected chi connectivity index (χ0v) is 11.1. The van der Waals surface area contributed by atoms with Crippen molar-refractivity contribution in [3.05, 3.63) is 46.0 Å². The minimum absolute atomic E-state index is 0.228. The molecule has 0 bridgehead atoms. The fraction of sp³-hybridized carbons (Fsp3) is 0.167. The molecule has 18 heavy (non-hydrogen) atoms. The van der Waals surface area contributed by atoms with Crippen LogP contribution >= 0.6 is 23.2 Å². The maximum Gasteiger partial charge on any atom is 0.153 e. The monoisotopic (exact) mass is 284 g/mol. The Morgan fingerprint density at radius 3 is 2.83 bits per heavy atom. The van der Waals surface area contributed by atoms with E-state index in [4.69, 9.17) is 27.9 Å². The molecule has 0 aliphatic heterocycles. The van der Waals surface area contributed by atoms with Crippen LogP contribution in [0.2, 0.25) is 10.0 Å². The highest BCUT2D eigenvalue weighted by atomic mass is 35.5. The molecule has 0 saturated heterocycles. The van der Waals surface area contributed by atoms with Crippen LogP contribution in [0, 0.1) is 0 Å². The number of hydrogen-bond acceptors (Lipinski definition) is 3. The van der Waals surface area contributed by atoms with Gasteiger partial charge in [0, 0.05) is 24.5 Å². The van der Waals surface area contributed by atoms with Crippen molar-refractivity contribution in [1.29, 1.82) is 0 Å². The van der Waals surface area contributed by atoms with E-state index < -0.39 is 0 Å². The fourth-order valence-corrected chi connectivity index (χ4v) is 2.06. The van der Waals surface area contributed by atoms with Gasteiger partial charge in [0.2, 0.25) is 0 Å². The molecule has 6 heteroatoms. The molecule has 0 fully saturated rings. The van der Waals surface area contributed by atoms with Crippen molar-refractivity contribution in [3.8, 4) is 5.75 Å². The molecule has 0 atom stereocenters. The van der Waals surface area contributed by atoms with Crippen LogP contribution in [-0.4, -0.2) is 15.8 Å². The second-order valence-electron chi connectivity index (χ2n) is 3.67. The third kappa shape index (κ3) is 2.66. The second-order valence-corrected chi connectivity index (χ2v) is 4.51. The first kappa shape index (κ1) is 12.9. The maximum atomic E-state index is 10.9. The number of carbonyl (C=O) groups excluding carboxylic acids is 1. The Kier molecular flexibility index (Phi) is 3.89. The lowest BCUT2D eigenvalue weighted by Crippen LogP contribution is -2.04. The van der Waals surface area contributed by atoms with Crippen molar-refractivity contribution in [2.45, 2.75) is 6.61 Å². The molecule has 0 unspecified atom stereocenters. The van der Waals surface area contributed by atoms with Gasteiger partial charge in [-0.15, -0.1) is 0 Å². The van der Waals surface area contributed by atoms with Gasteiger partial charge in [-0.3, -0.25) is 4.79 Å². The number of ether oxygens (including phenoxy) is 1. The Morgan fingerprint density at radius 2 is 2.22 bits per heavy atom. The van der Waals surface area contributed by atoms with Gasteiger partial charge in [-0.1, -0.05) is 23.2 Å². The fourth-order valence-electron chi connectivity index (χ4n) is 1.49. The van der Waals surface area contributed by atoms with Crippen molar-refractivity contribution >= 4 is 29.5 Å². The second kappa shape index (κ2) is 5.42. The molecule has 0 radical (unpaired) electrons. The first-order chi connectivity index (χ1) is 8.61. The van der Waals surface area contributed by atoms with E-state index in [9.17, 15) is 4.79 Å². The van der Waals surface area contributed by atoms with Crippen molar-refractivity contribution in [2.24, 2.45) is 7.05 Å². The van der Waals surface area contributed by atoms with Crippen LogP contribution in [0.25, 0.3) is 0 Å². The van der Waals surface area contributed by atoms with Crippen molar-refractivity contribution < 1.29 is 9.53 Å². The first-order valence-corrected chi connectivity index (χ1v) is 5.90. The SMILES string of the molecule is Cn1ccnc1COc1c(Cl)cc(Cl)cc1C=O. The largest absolute Gasteiger partial charge is 0.483 e. The number of benzene rings is 1. The van der Waals surface area contributed by atoms with E-state index in [1.54, 1.807) is 6.20 Å². The molecule has 2 aromatic rings. The number of aldehydes is 1. The molecule has 4 nitrogen and oxygen atoms in total. The number of carbonyl (C=O) groups is 1.